The van der Waals surface area contributed by atoms with Crippen molar-refractivity contribution in [3.05, 3.63) is 35.9 Å². The number of amides is 1. The van der Waals surface area contributed by atoms with E-state index in [1.165, 1.54) is 4.90 Å². The van der Waals surface area contributed by atoms with Gasteiger partial charge in [-0.05, 0) is 53.0 Å². The Bertz CT molecular complexity index is 1010. The number of hydrogen-bond donors (Lipinski definition) is 1. The predicted octanol–water partition coefficient (Wildman–Crippen LogP) is 4.45. The summed E-state index contributed by atoms with van der Waals surface area (Å²) in [5, 5.41) is 3.05. The highest BCUT2D eigenvalue weighted by Crippen LogP contribution is 2.49. The third-order valence-electron chi connectivity index (χ3n) is 6.39. The molecule has 12 nitrogen and oxygen atoms in total. The summed E-state index contributed by atoms with van der Waals surface area (Å²) < 4.78 is 53.3. The Kier molecular flexibility index (Phi) is 15.7. The van der Waals surface area contributed by atoms with Crippen molar-refractivity contribution in [1.29, 1.82) is 0 Å². The molecule has 1 saturated heterocycles. The van der Waals surface area contributed by atoms with Gasteiger partial charge >= 0.3 is 21.2 Å². The van der Waals surface area contributed by atoms with Crippen molar-refractivity contribution in [3.8, 4) is 0 Å². The van der Waals surface area contributed by atoms with E-state index in [1.54, 1.807) is 34.6 Å². The van der Waals surface area contributed by atoms with Crippen molar-refractivity contribution >= 4 is 27.1 Å². The van der Waals surface area contributed by atoms with Crippen molar-refractivity contribution in [2.45, 2.75) is 66.1 Å². The van der Waals surface area contributed by atoms with Gasteiger partial charge in [-0.15, -0.1) is 0 Å². The van der Waals surface area contributed by atoms with Crippen molar-refractivity contribution in [3.63, 3.8) is 0 Å². The van der Waals surface area contributed by atoms with Crippen LogP contribution < -0.4 is 5.32 Å². The summed E-state index contributed by atoms with van der Waals surface area (Å²) in [7, 11) is -6.98. The summed E-state index contributed by atoms with van der Waals surface area (Å²) in [5.74, 6) is -0.671. The molecule has 1 heterocycles. The molecule has 0 unspecified atom stereocenters. The van der Waals surface area contributed by atoms with Gasteiger partial charge in [0.05, 0.1) is 45.4 Å². The van der Waals surface area contributed by atoms with Crippen LogP contribution in [0.4, 0.5) is 0 Å². The smallest absolute Gasteiger partial charge is 0.349 e. The lowest BCUT2D eigenvalue weighted by Crippen LogP contribution is -2.50. The molecule has 0 bridgehead atoms. The summed E-state index contributed by atoms with van der Waals surface area (Å²) in [6.07, 6.45) is 0.578. The Morgan fingerprint density at radius 1 is 0.854 bits per heavy atom. The van der Waals surface area contributed by atoms with Crippen LogP contribution in [0.25, 0.3) is 0 Å². The lowest BCUT2D eigenvalue weighted by atomic mass is 10.1. The van der Waals surface area contributed by atoms with E-state index in [-0.39, 0.29) is 70.6 Å². The zero-order valence-corrected chi connectivity index (χ0v) is 26.8. The van der Waals surface area contributed by atoms with E-state index in [0.29, 0.717) is 19.4 Å². The van der Waals surface area contributed by atoms with E-state index >= 15 is 0 Å². The van der Waals surface area contributed by atoms with Crippen LogP contribution in [0.5, 0.6) is 0 Å². The number of carbonyl (C=O) groups is 2. The van der Waals surface area contributed by atoms with Crippen LogP contribution in [-0.4, -0.2) is 92.5 Å². The number of rotatable bonds is 20. The highest BCUT2D eigenvalue weighted by Gasteiger charge is 2.44. The van der Waals surface area contributed by atoms with Crippen molar-refractivity contribution in [2.24, 2.45) is 0 Å². The molecule has 2 atom stereocenters. The first-order valence-corrected chi connectivity index (χ1v) is 17.8. The first-order valence-electron chi connectivity index (χ1n) is 14.4. The number of benzene rings is 1. The molecule has 0 aliphatic carbocycles. The third-order valence-corrected chi connectivity index (χ3v) is 10.3. The molecule has 1 aromatic carbocycles. The first-order chi connectivity index (χ1) is 19.7. The predicted molar refractivity (Wildman–Crippen MR) is 157 cm³/mol. The number of hydrogen-bond acceptors (Lipinski definition) is 11. The summed E-state index contributed by atoms with van der Waals surface area (Å²) in [4.78, 5) is 30.3. The van der Waals surface area contributed by atoms with Crippen LogP contribution in [0.2, 0.25) is 0 Å². The Balaban J connectivity index is 2.30. The number of nitrogens with one attached hydrogen (secondary N) is 1. The minimum absolute atomic E-state index is 0.0419. The highest BCUT2D eigenvalue weighted by atomic mass is 31.2. The van der Waals surface area contributed by atoms with Gasteiger partial charge in [0.2, 0.25) is 5.91 Å². The molecular formula is C27H47N3O9P2. The van der Waals surface area contributed by atoms with Gasteiger partial charge in [0.1, 0.15) is 12.3 Å². The van der Waals surface area contributed by atoms with Gasteiger partial charge in [0.15, 0.2) is 0 Å². The van der Waals surface area contributed by atoms with Crippen LogP contribution in [0.15, 0.2) is 30.3 Å². The highest BCUT2D eigenvalue weighted by molar-refractivity contribution is 7.54. The van der Waals surface area contributed by atoms with E-state index in [1.807, 2.05) is 35.2 Å². The average Bonchev–Trinajstić information content (AvgIpc) is 3.34. The maximum Gasteiger partial charge on any atom is 0.349 e. The zero-order valence-electron chi connectivity index (χ0n) is 25.0. The van der Waals surface area contributed by atoms with Gasteiger partial charge in [-0.2, -0.15) is 0 Å². The van der Waals surface area contributed by atoms with Gasteiger partial charge in [0.25, 0.3) is 0 Å². The maximum atomic E-state index is 14.1. The molecule has 0 spiro atoms. The lowest BCUT2D eigenvalue weighted by molar-refractivity contribution is -0.150. The molecule has 1 fully saturated rings. The van der Waals surface area contributed by atoms with Gasteiger partial charge < -0.3 is 33.0 Å². The molecule has 2 rings (SSSR count). The number of carbonyl (C=O) groups excluding carboxylic acids is 2. The summed E-state index contributed by atoms with van der Waals surface area (Å²) >= 11 is 0. The van der Waals surface area contributed by atoms with Crippen LogP contribution in [0, 0.1) is 0 Å². The monoisotopic (exact) mass is 619 g/mol. The van der Waals surface area contributed by atoms with Crippen LogP contribution in [0.1, 0.15) is 53.0 Å². The number of esters is 1. The van der Waals surface area contributed by atoms with Gasteiger partial charge in [-0.1, -0.05) is 30.3 Å². The maximum absolute atomic E-state index is 14.1. The second-order valence-corrected chi connectivity index (χ2v) is 13.4. The minimum Gasteiger partial charge on any atom is -0.465 e. The molecule has 1 aliphatic heterocycles. The Labute approximate surface area is 244 Å². The van der Waals surface area contributed by atoms with Gasteiger partial charge in [-0.25, -0.2) is 0 Å². The Morgan fingerprint density at radius 2 is 1.41 bits per heavy atom. The normalized spacial score (nSPS) is 18.0. The van der Waals surface area contributed by atoms with E-state index in [9.17, 15) is 18.7 Å². The average molecular weight is 620 g/mol. The molecule has 41 heavy (non-hydrogen) atoms. The molecule has 1 amide bonds. The summed E-state index contributed by atoms with van der Waals surface area (Å²) in [6, 6.07) is 8.36. The fraction of sp³-hybridized carbons (Fsp3) is 0.704. The third kappa shape index (κ3) is 11.2. The molecular weight excluding hydrogens is 572 g/mol. The molecule has 14 heteroatoms. The Hall–Kier alpha value is -1.62. The molecule has 234 valence electrons. The summed E-state index contributed by atoms with van der Waals surface area (Å²) in [6.45, 7) is 10.4. The van der Waals surface area contributed by atoms with E-state index in [0.717, 1.165) is 5.56 Å². The summed E-state index contributed by atoms with van der Waals surface area (Å²) in [5.41, 5.74) is 0.951. The number of ether oxygens (including phenoxy) is 1. The van der Waals surface area contributed by atoms with Crippen LogP contribution >= 0.6 is 15.2 Å². The fourth-order valence-electron chi connectivity index (χ4n) is 4.77. The zero-order chi connectivity index (χ0) is 30.3. The molecule has 0 saturated carbocycles. The standard InChI is InChI=1S/C27H47N3O9P2/c1-6-35-27(32)25-17-16-24(30(25)20-23-14-12-11-13-15-23)26(31)29(22-41(34,38-9-4)39-10-5)19-18-28-21-40(33,36-7-2)37-8-3/h11-15,24-25,28H,6-10,16-22H2,1-5H3/t24-,25+/m0/s1. The minimum atomic E-state index is -3.64. The largest absolute Gasteiger partial charge is 0.465 e. The molecule has 0 aromatic heterocycles. The second-order valence-electron chi connectivity index (χ2n) is 9.31. The Morgan fingerprint density at radius 3 is 1.98 bits per heavy atom. The van der Waals surface area contributed by atoms with Crippen molar-refractivity contribution < 1.29 is 41.6 Å². The SMILES string of the molecule is CCOC(=O)[C@H]1CC[C@@H](C(=O)N(CCNCP(=O)(OCC)OCC)CP(=O)(OCC)OCC)N1Cc1ccccc1. The topological polar surface area (TPSA) is 133 Å². The van der Waals surface area contributed by atoms with E-state index < -0.39 is 27.3 Å². The van der Waals surface area contributed by atoms with Crippen molar-refractivity contribution in [1.82, 2.24) is 15.1 Å². The van der Waals surface area contributed by atoms with Crippen molar-refractivity contribution in [2.75, 3.05) is 58.7 Å². The van der Waals surface area contributed by atoms with E-state index in [2.05, 4.69) is 5.32 Å². The fourth-order valence-corrected chi connectivity index (χ4v) is 7.97. The van der Waals surface area contributed by atoms with Gasteiger partial charge in [0, 0.05) is 19.6 Å². The van der Waals surface area contributed by atoms with E-state index in [4.69, 9.17) is 22.8 Å². The molecule has 1 aliphatic rings. The van der Waals surface area contributed by atoms with Gasteiger partial charge in [-0.3, -0.25) is 23.6 Å². The lowest BCUT2D eigenvalue weighted by Gasteiger charge is -2.34. The van der Waals surface area contributed by atoms with Crippen LogP contribution in [-0.2, 0) is 48.1 Å². The number of nitrogens with zero attached hydrogens (tertiary/aromatic N) is 2. The molecule has 0 radical (unpaired) electrons. The second kappa shape index (κ2) is 18.1. The molecule has 1 N–H and O–H groups in total. The first kappa shape index (κ1) is 35.6. The number of likely N-dealkylation sites (tertiary alicyclic amines) is 1. The van der Waals surface area contributed by atoms with Crippen LogP contribution in [0.3, 0.4) is 0 Å². The molecule has 1 aromatic rings. The quantitative estimate of drug-likeness (QED) is 0.126.